The van der Waals surface area contributed by atoms with Crippen LogP contribution < -0.4 is 18.9 Å². The first-order valence-electron chi connectivity index (χ1n) is 18.5. The Labute approximate surface area is 327 Å². The first-order valence-corrected chi connectivity index (χ1v) is 18.5. The van der Waals surface area contributed by atoms with Gasteiger partial charge in [0.05, 0.1) is 24.2 Å². The van der Waals surface area contributed by atoms with Crippen LogP contribution >= 0.6 is 0 Å². The van der Waals surface area contributed by atoms with Gasteiger partial charge in [0.2, 0.25) is 6.79 Å². The van der Waals surface area contributed by atoms with Crippen LogP contribution in [-0.4, -0.2) is 49.7 Å². The molecule has 2 saturated heterocycles. The molecule has 4 atom stereocenters. The molecule has 0 bridgehead atoms. The number of carbonyl (C=O) groups is 5. The first-order chi connectivity index (χ1) is 27.8. The highest BCUT2D eigenvalue weighted by Crippen LogP contribution is 2.51. The van der Waals surface area contributed by atoms with Crippen LogP contribution in [0.5, 0.6) is 23.0 Å². The minimum atomic E-state index is -0.794. The minimum absolute atomic E-state index is 0.0297. The van der Waals surface area contributed by atoms with E-state index in [0.717, 1.165) is 16.7 Å². The predicted octanol–water partition coefficient (Wildman–Crippen LogP) is 7.48. The minimum Gasteiger partial charge on any atom is -0.490 e. The van der Waals surface area contributed by atoms with Gasteiger partial charge in [0, 0.05) is 5.56 Å². The number of carbonyl (C=O) groups excluding carboxylic acids is 5. The Morgan fingerprint density at radius 2 is 1.16 bits per heavy atom. The summed E-state index contributed by atoms with van der Waals surface area (Å²) in [5.41, 5.74) is 4.78. The molecule has 286 valence electrons. The molecule has 0 saturated carbocycles. The highest BCUT2D eigenvalue weighted by atomic mass is 16.7. The maximum Gasteiger partial charge on any atom is 0.321 e. The van der Waals surface area contributed by atoms with Crippen LogP contribution in [0.4, 0.5) is 0 Å². The summed E-state index contributed by atoms with van der Waals surface area (Å²) in [6.45, 7) is 0.477. The van der Waals surface area contributed by atoms with Gasteiger partial charge in [0.25, 0.3) is 0 Å². The van der Waals surface area contributed by atoms with Crippen molar-refractivity contribution in [1.82, 2.24) is 0 Å². The molecule has 11 heteroatoms. The third-order valence-electron chi connectivity index (χ3n) is 10.3. The molecule has 0 spiro atoms. The van der Waals surface area contributed by atoms with Gasteiger partial charge >= 0.3 is 23.9 Å². The molecular weight excluding hydrogens is 728 g/mol. The summed E-state index contributed by atoms with van der Waals surface area (Å²) >= 11 is 0. The molecule has 8 rings (SSSR count). The number of allylic oxidation sites excluding steroid dienone is 1. The Morgan fingerprint density at radius 3 is 1.79 bits per heavy atom. The Hall–Kier alpha value is -7.01. The van der Waals surface area contributed by atoms with Crippen LogP contribution in [0, 0.1) is 11.8 Å². The number of esters is 4. The fourth-order valence-electron chi connectivity index (χ4n) is 7.46. The Kier molecular flexibility index (Phi) is 10.6. The SMILES string of the molecule is O=C1CC(C2CC3C(=O)OC(=O)C3c3cc(OCCOc4ccc(-c5ccc(OCOc6ccc(/C=C/C(=O)c7ccccc7)cc6)cc5)cc4)ccc32)C(=O)O1. The lowest BCUT2D eigenvalue weighted by atomic mass is 9.67. The van der Waals surface area contributed by atoms with Gasteiger partial charge in [-0.1, -0.05) is 78.9 Å². The van der Waals surface area contributed by atoms with Crippen LogP contribution in [0.3, 0.4) is 0 Å². The molecule has 0 aromatic heterocycles. The Morgan fingerprint density at radius 1 is 0.579 bits per heavy atom. The fourth-order valence-corrected chi connectivity index (χ4v) is 7.46. The highest BCUT2D eigenvalue weighted by Gasteiger charge is 2.53. The summed E-state index contributed by atoms with van der Waals surface area (Å²) in [5, 5.41) is 0. The zero-order valence-electron chi connectivity index (χ0n) is 30.5. The number of fused-ring (bicyclic) bond motifs is 3. The number of hydrogen-bond donors (Lipinski definition) is 0. The van der Waals surface area contributed by atoms with Gasteiger partial charge < -0.3 is 28.4 Å². The quantitative estimate of drug-likeness (QED) is 0.0278. The summed E-state index contributed by atoms with van der Waals surface area (Å²) in [5.74, 6) is -2.82. The summed E-state index contributed by atoms with van der Waals surface area (Å²) < 4.78 is 33.1. The van der Waals surface area contributed by atoms with Crippen molar-refractivity contribution >= 4 is 35.7 Å². The van der Waals surface area contributed by atoms with E-state index in [1.165, 1.54) is 0 Å². The number of ketones is 1. The highest BCUT2D eigenvalue weighted by molar-refractivity contribution is 6.06. The summed E-state index contributed by atoms with van der Waals surface area (Å²) in [6, 6.07) is 37.0. The lowest BCUT2D eigenvalue weighted by molar-refractivity contribution is -0.155. The molecule has 4 unspecified atom stereocenters. The maximum atomic E-state index is 12.7. The average Bonchev–Trinajstić information content (AvgIpc) is 3.73. The van der Waals surface area contributed by atoms with Crippen molar-refractivity contribution in [3.05, 3.63) is 150 Å². The molecule has 2 aliphatic heterocycles. The van der Waals surface area contributed by atoms with E-state index in [9.17, 15) is 24.0 Å². The molecule has 2 fully saturated rings. The smallest absolute Gasteiger partial charge is 0.321 e. The summed E-state index contributed by atoms with van der Waals surface area (Å²) in [6.07, 6.45) is 3.47. The second-order valence-corrected chi connectivity index (χ2v) is 13.8. The molecule has 0 amide bonds. The normalized spacial score (nSPS) is 19.7. The van der Waals surface area contributed by atoms with E-state index in [4.69, 9.17) is 28.4 Å². The van der Waals surface area contributed by atoms with E-state index in [1.54, 1.807) is 42.5 Å². The molecule has 1 aliphatic carbocycles. The molecule has 57 heavy (non-hydrogen) atoms. The second kappa shape index (κ2) is 16.4. The van der Waals surface area contributed by atoms with Gasteiger partial charge in [0.1, 0.15) is 36.2 Å². The van der Waals surface area contributed by atoms with Gasteiger partial charge in [-0.25, -0.2) is 0 Å². The van der Waals surface area contributed by atoms with Gasteiger partial charge in [-0.3, -0.25) is 24.0 Å². The standard InChI is InChI=1S/C46H36O11/c47-41(31-4-2-1-3-5-31)21-8-28-6-13-33(14-7-28)54-27-55-34-17-11-30(12-18-34)29-9-15-32(16-10-29)52-22-23-53-35-19-20-36-37(39-26-42(48)56-44(39)49)25-40-43(38(36)24-35)46(51)57-45(40)50/h1-21,24,37,39-40,43H,22-23,25-27H2/b21-8+. The predicted molar refractivity (Wildman–Crippen MR) is 206 cm³/mol. The van der Waals surface area contributed by atoms with Crippen molar-refractivity contribution in [2.45, 2.75) is 24.7 Å². The zero-order chi connectivity index (χ0) is 39.3. The van der Waals surface area contributed by atoms with Gasteiger partial charge in [-0.2, -0.15) is 0 Å². The van der Waals surface area contributed by atoms with E-state index in [0.29, 0.717) is 39.7 Å². The van der Waals surface area contributed by atoms with E-state index >= 15 is 0 Å². The molecule has 5 aromatic rings. The molecular formula is C46H36O11. The Bertz CT molecular complexity index is 2330. The average molecular weight is 765 g/mol. The van der Waals surface area contributed by atoms with Crippen LogP contribution in [0.1, 0.15) is 51.7 Å². The van der Waals surface area contributed by atoms with E-state index in [1.807, 2.05) is 91.0 Å². The second-order valence-electron chi connectivity index (χ2n) is 13.8. The summed E-state index contributed by atoms with van der Waals surface area (Å²) in [7, 11) is 0. The summed E-state index contributed by atoms with van der Waals surface area (Å²) in [4.78, 5) is 61.8. The fraction of sp³-hybridized carbons (Fsp3) is 0.196. The van der Waals surface area contributed by atoms with Crippen LogP contribution in [0.15, 0.2) is 127 Å². The number of ether oxygens (including phenoxy) is 6. The molecule has 5 aromatic carbocycles. The van der Waals surface area contributed by atoms with Crippen molar-refractivity contribution in [2.24, 2.45) is 11.8 Å². The largest absolute Gasteiger partial charge is 0.490 e. The van der Waals surface area contributed by atoms with E-state index in [-0.39, 0.29) is 38.6 Å². The van der Waals surface area contributed by atoms with Gasteiger partial charge in [-0.15, -0.1) is 0 Å². The van der Waals surface area contributed by atoms with E-state index in [2.05, 4.69) is 0 Å². The number of benzene rings is 5. The topological polar surface area (TPSA) is 141 Å². The van der Waals surface area contributed by atoms with E-state index < -0.39 is 47.5 Å². The Balaban J connectivity index is 0.795. The molecule has 2 heterocycles. The third-order valence-corrected chi connectivity index (χ3v) is 10.3. The molecule has 3 aliphatic rings. The first kappa shape index (κ1) is 36.9. The monoisotopic (exact) mass is 764 g/mol. The van der Waals surface area contributed by atoms with Crippen molar-refractivity contribution < 1.29 is 52.4 Å². The number of cyclic esters (lactones) is 4. The van der Waals surface area contributed by atoms with Gasteiger partial charge in [-0.05, 0) is 94.8 Å². The molecule has 11 nitrogen and oxygen atoms in total. The van der Waals surface area contributed by atoms with Crippen LogP contribution in [0.2, 0.25) is 0 Å². The lowest BCUT2D eigenvalue weighted by Crippen LogP contribution is -2.31. The number of hydrogen-bond acceptors (Lipinski definition) is 11. The van der Waals surface area contributed by atoms with Crippen molar-refractivity contribution in [2.75, 3.05) is 20.0 Å². The van der Waals surface area contributed by atoms with Crippen LogP contribution in [-0.2, 0) is 28.7 Å². The zero-order valence-corrected chi connectivity index (χ0v) is 30.5. The molecule has 0 N–H and O–H groups in total. The van der Waals surface area contributed by atoms with Crippen molar-refractivity contribution in [3.8, 4) is 34.1 Å². The van der Waals surface area contributed by atoms with Crippen molar-refractivity contribution in [3.63, 3.8) is 0 Å². The molecule has 0 radical (unpaired) electrons. The van der Waals surface area contributed by atoms with Crippen molar-refractivity contribution in [1.29, 1.82) is 0 Å². The third kappa shape index (κ3) is 8.33. The van der Waals surface area contributed by atoms with Gasteiger partial charge in [0.15, 0.2) is 5.78 Å². The van der Waals surface area contributed by atoms with Crippen LogP contribution in [0.25, 0.3) is 17.2 Å². The lowest BCUT2D eigenvalue weighted by Gasteiger charge is -2.33. The maximum absolute atomic E-state index is 12.7. The number of rotatable bonds is 14.